The monoisotopic (exact) mass is 492 g/mol. The van der Waals surface area contributed by atoms with Gasteiger partial charge in [0.05, 0.1) is 11.8 Å². The van der Waals surface area contributed by atoms with E-state index in [0.29, 0.717) is 32.2 Å². The summed E-state index contributed by atoms with van der Waals surface area (Å²) < 4.78 is 0. The van der Waals surface area contributed by atoms with Gasteiger partial charge in [0.15, 0.2) is 0 Å². The number of hydrogen-bond acceptors (Lipinski definition) is 4. The van der Waals surface area contributed by atoms with Gasteiger partial charge in [0.25, 0.3) is 0 Å². The number of aliphatic carboxylic acids is 2. The average molecular weight is 493 g/mol. The fourth-order valence-electron chi connectivity index (χ4n) is 5.52. The Morgan fingerprint density at radius 2 is 1.56 bits per heavy atom. The molecule has 190 valence electrons. The standard InChI is InChI=1S/C28H32N2O6/c31-24(32)18-28(14-4-5-15-28)27(36)29-22(25(33)30-16-6-9-23(30)26(34)35)17-19-10-12-21(13-11-19)20-7-2-1-3-8-20/h1-3,7-8,10-13,22-23H,4-6,9,14-18H2,(H,29,36)(H,31,32)(H,34,35)/t22-,23+/m0/s1. The smallest absolute Gasteiger partial charge is 0.326 e. The van der Waals surface area contributed by atoms with Gasteiger partial charge in [0.2, 0.25) is 11.8 Å². The first-order chi connectivity index (χ1) is 17.3. The van der Waals surface area contributed by atoms with Crippen LogP contribution in [0.3, 0.4) is 0 Å². The van der Waals surface area contributed by atoms with Gasteiger partial charge in [-0.3, -0.25) is 14.4 Å². The molecule has 0 aromatic heterocycles. The maximum Gasteiger partial charge on any atom is 0.326 e. The van der Waals surface area contributed by atoms with Crippen LogP contribution in [0.2, 0.25) is 0 Å². The highest BCUT2D eigenvalue weighted by molar-refractivity contribution is 5.94. The van der Waals surface area contributed by atoms with E-state index in [1.54, 1.807) is 0 Å². The van der Waals surface area contributed by atoms with Crippen LogP contribution in [0.1, 0.15) is 50.5 Å². The van der Waals surface area contributed by atoms with Crippen LogP contribution >= 0.6 is 0 Å². The molecule has 0 spiro atoms. The molecule has 2 aromatic rings. The number of nitrogens with zero attached hydrogens (tertiary/aromatic N) is 1. The Kier molecular flexibility index (Phi) is 7.72. The molecule has 1 heterocycles. The summed E-state index contributed by atoms with van der Waals surface area (Å²) in [5, 5.41) is 21.9. The van der Waals surface area contributed by atoms with Gasteiger partial charge in [-0.15, -0.1) is 0 Å². The molecular formula is C28H32N2O6. The van der Waals surface area contributed by atoms with Crippen molar-refractivity contribution in [1.82, 2.24) is 10.2 Å². The maximum absolute atomic E-state index is 13.6. The van der Waals surface area contributed by atoms with E-state index in [2.05, 4.69) is 5.32 Å². The normalized spacial score (nSPS) is 19.6. The minimum absolute atomic E-state index is 0.186. The quantitative estimate of drug-likeness (QED) is 0.492. The molecule has 3 N–H and O–H groups in total. The van der Waals surface area contributed by atoms with Crippen LogP contribution in [0.4, 0.5) is 0 Å². The number of carbonyl (C=O) groups is 4. The molecule has 1 saturated carbocycles. The molecule has 0 bridgehead atoms. The Hall–Kier alpha value is -3.68. The zero-order valence-electron chi connectivity index (χ0n) is 20.2. The lowest BCUT2D eigenvalue weighted by molar-refractivity contribution is -0.150. The van der Waals surface area contributed by atoms with Gasteiger partial charge in [-0.2, -0.15) is 0 Å². The first-order valence-corrected chi connectivity index (χ1v) is 12.5. The number of amides is 2. The molecule has 0 radical (unpaired) electrons. The van der Waals surface area contributed by atoms with Crippen LogP contribution in [-0.2, 0) is 25.6 Å². The van der Waals surface area contributed by atoms with Crippen molar-refractivity contribution in [2.75, 3.05) is 6.54 Å². The molecule has 1 aliphatic heterocycles. The van der Waals surface area contributed by atoms with Crippen molar-refractivity contribution in [2.45, 2.75) is 63.5 Å². The van der Waals surface area contributed by atoms with E-state index in [0.717, 1.165) is 29.5 Å². The van der Waals surface area contributed by atoms with Crippen molar-refractivity contribution in [3.8, 4) is 11.1 Å². The minimum atomic E-state index is -1.06. The molecule has 2 aliphatic rings. The van der Waals surface area contributed by atoms with Crippen LogP contribution in [-0.4, -0.2) is 57.5 Å². The van der Waals surface area contributed by atoms with E-state index in [-0.39, 0.29) is 12.8 Å². The van der Waals surface area contributed by atoms with Crippen LogP contribution in [0.25, 0.3) is 11.1 Å². The second-order valence-electron chi connectivity index (χ2n) is 9.88. The molecule has 2 amide bonds. The number of likely N-dealkylation sites (tertiary alicyclic amines) is 1. The van der Waals surface area contributed by atoms with Gasteiger partial charge < -0.3 is 20.4 Å². The lowest BCUT2D eigenvalue weighted by Crippen LogP contribution is -2.55. The van der Waals surface area contributed by atoms with Crippen molar-refractivity contribution in [2.24, 2.45) is 5.41 Å². The summed E-state index contributed by atoms with van der Waals surface area (Å²) in [5.41, 5.74) is 1.85. The highest BCUT2D eigenvalue weighted by atomic mass is 16.4. The zero-order chi connectivity index (χ0) is 25.7. The lowest BCUT2D eigenvalue weighted by atomic mass is 9.81. The Morgan fingerprint density at radius 1 is 0.917 bits per heavy atom. The number of carbonyl (C=O) groups excluding carboxylic acids is 2. The summed E-state index contributed by atoms with van der Waals surface area (Å²) in [7, 11) is 0. The molecule has 1 saturated heterocycles. The lowest BCUT2D eigenvalue weighted by Gasteiger charge is -2.31. The van der Waals surface area contributed by atoms with Crippen molar-refractivity contribution in [1.29, 1.82) is 0 Å². The van der Waals surface area contributed by atoms with Crippen molar-refractivity contribution in [3.05, 3.63) is 60.2 Å². The number of hydrogen-bond donors (Lipinski definition) is 3. The van der Waals surface area contributed by atoms with Crippen molar-refractivity contribution < 1.29 is 29.4 Å². The van der Waals surface area contributed by atoms with Crippen LogP contribution in [0.15, 0.2) is 54.6 Å². The molecule has 1 aliphatic carbocycles. The number of nitrogens with one attached hydrogen (secondary N) is 1. The molecule has 8 nitrogen and oxygen atoms in total. The highest BCUT2D eigenvalue weighted by Gasteiger charge is 2.45. The van der Waals surface area contributed by atoms with Crippen LogP contribution < -0.4 is 5.32 Å². The predicted octanol–water partition coefficient (Wildman–Crippen LogP) is 3.49. The summed E-state index contributed by atoms with van der Waals surface area (Å²) >= 11 is 0. The SMILES string of the molecule is O=C(O)CC1(C(=O)N[C@@H](Cc2ccc(-c3ccccc3)cc2)C(=O)N2CCC[C@@H]2C(=O)O)CCCC1. The molecule has 4 rings (SSSR count). The third kappa shape index (κ3) is 5.58. The molecule has 2 fully saturated rings. The molecule has 0 unspecified atom stereocenters. The average Bonchev–Trinajstić information content (AvgIpc) is 3.54. The molecule has 2 atom stereocenters. The van der Waals surface area contributed by atoms with Gasteiger partial charge in [-0.05, 0) is 42.4 Å². The fourth-order valence-corrected chi connectivity index (χ4v) is 5.52. The Balaban J connectivity index is 1.58. The number of benzene rings is 2. The first-order valence-electron chi connectivity index (χ1n) is 12.5. The minimum Gasteiger partial charge on any atom is -0.481 e. The topological polar surface area (TPSA) is 124 Å². The van der Waals surface area contributed by atoms with Gasteiger partial charge in [-0.25, -0.2) is 4.79 Å². The number of carboxylic acid groups (broad SMARTS) is 2. The van der Waals surface area contributed by atoms with Crippen molar-refractivity contribution in [3.63, 3.8) is 0 Å². The van der Waals surface area contributed by atoms with Crippen molar-refractivity contribution >= 4 is 23.8 Å². The van der Waals surface area contributed by atoms with E-state index < -0.39 is 41.3 Å². The molecule has 36 heavy (non-hydrogen) atoms. The van der Waals surface area contributed by atoms with Gasteiger partial charge in [0, 0.05) is 13.0 Å². The zero-order valence-corrected chi connectivity index (χ0v) is 20.2. The largest absolute Gasteiger partial charge is 0.481 e. The summed E-state index contributed by atoms with van der Waals surface area (Å²) in [5.74, 6) is -2.98. The second kappa shape index (κ2) is 10.9. The third-order valence-corrected chi connectivity index (χ3v) is 7.46. The van der Waals surface area contributed by atoms with E-state index >= 15 is 0 Å². The summed E-state index contributed by atoms with van der Waals surface area (Å²) in [4.78, 5) is 51.6. The Morgan fingerprint density at radius 3 is 2.17 bits per heavy atom. The van der Waals surface area contributed by atoms with Crippen LogP contribution in [0.5, 0.6) is 0 Å². The van der Waals surface area contributed by atoms with Crippen LogP contribution in [0, 0.1) is 5.41 Å². The second-order valence-corrected chi connectivity index (χ2v) is 9.88. The molecule has 8 heteroatoms. The van der Waals surface area contributed by atoms with E-state index in [4.69, 9.17) is 0 Å². The maximum atomic E-state index is 13.6. The number of rotatable bonds is 9. The molecular weight excluding hydrogens is 460 g/mol. The van der Waals surface area contributed by atoms with E-state index in [1.807, 2.05) is 54.6 Å². The Labute approximate surface area is 210 Å². The summed E-state index contributed by atoms with van der Waals surface area (Å²) in [6, 6.07) is 15.7. The first kappa shape index (κ1) is 25.4. The number of carboxylic acids is 2. The highest BCUT2D eigenvalue weighted by Crippen LogP contribution is 2.41. The predicted molar refractivity (Wildman–Crippen MR) is 133 cm³/mol. The third-order valence-electron chi connectivity index (χ3n) is 7.46. The fraction of sp³-hybridized carbons (Fsp3) is 0.429. The Bertz CT molecular complexity index is 1110. The van der Waals surface area contributed by atoms with E-state index in [9.17, 15) is 29.4 Å². The van der Waals surface area contributed by atoms with Gasteiger partial charge >= 0.3 is 11.9 Å². The molecule has 2 aromatic carbocycles. The van der Waals surface area contributed by atoms with Gasteiger partial charge in [-0.1, -0.05) is 67.4 Å². The summed E-state index contributed by atoms with van der Waals surface area (Å²) in [6.07, 6.45) is 3.28. The van der Waals surface area contributed by atoms with E-state index in [1.165, 1.54) is 4.90 Å². The van der Waals surface area contributed by atoms with Gasteiger partial charge in [0.1, 0.15) is 12.1 Å². The summed E-state index contributed by atoms with van der Waals surface area (Å²) in [6.45, 7) is 0.315.